The summed E-state index contributed by atoms with van der Waals surface area (Å²) < 4.78 is 16.5. The smallest absolute Gasteiger partial charge is 0.161 e. The van der Waals surface area contributed by atoms with Gasteiger partial charge in [0, 0.05) is 12.6 Å². The Balaban J connectivity index is 1.56. The summed E-state index contributed by atoms with van der Waals surface area (Å²) in [6.07, 6.45) is 1.34. The van der Waals surface area contributed by atoms with Crippen LogP contribution in [0, 0.1) is 0 Å². The predicted molar refractivity (Wildman–Crippen MR) is 105 cm³/mol. The molecule has 0 aliphatic carbocycles. The standard InChI is InChI=1S/C22H29NO4/c1-15(12-21-18-7-5-4-6-16(18)10-11-27-21)23-14-19(24)17-8-9-20(25-2)22(13-17)26-3/h4-9,13,15,19,21,23-24H,10-12,14H2,1-3H3. The molecule has 5 nitrogen and oxygen atoms in total. The molecule has 0 saturated heterocycles. The summed E-state index contributed by atoms with van der Waals surface area (Å²) in [6, 6.07) is 14.2. The van der Waals surface area contributed by atoms with Crippen LogP contribution in [0.2, 0.25) is 0 Å². The van der Waals surface area contributed by atoms with E-state index in [4.69, 9.17) is 14.2 Å². The van der Waals surface area contributed by atoms with E-state index in [0.717, 1.165) is 25.0 Å². The third kappa shape index (κ3) is 4.80. The number of methoxy groups -OCH3 is 2. The third-order valence-corrected chi connectivity index (χ3v) is 5.11. The minimum absolute atomic E-state index is 0.107. The van der Waals surface area contributed by atoms with Crippen molar-refractivity contribution in [2.75, 3.05) is 27.4 Å². The first-order valence-corrected chi connectivity index (χ1v) is 9.45. The molecule has 2 aromatic carbocycles. The van der Waals surface area contributed by atoms with E-state index in [9.17, 15) is 5.11 Å². The lowest BCUT2D eigenvalue weighted by Gasteiger charge is -2.29. The van der Waals surface area contributed by atoms with E-state index in [2.05, 4.69) is 36.5 Å². The molecule has 0 fully saturated rings. The lowest BCUT2D eigenvalue weighted by molar-refractivity contribution is 0.0296. The fourth-order valence-corrected chi connectivity index (χ4v) is 3.57. The molecule has 1 aliphatic heterocycles. The molecule has 0 spiro atoms. The van der Waals surface area contributed by atoms with Crippen molar-refractivity contribution in [3.8, 4) is 11.5 Å². The zero-order chi connectivity index (χ0) is 19.2. The molecule has 5 heteroatoms. The van der Waals surface area contributed by atoms with E-state index in [1.165, 1.54) is 11.1 Å². The van der Waals surface area contributed by atoms with Gasteiger partial charge in [0.15, 0.2) is 11.5 Å². The summed E-state index contributed by atoms with van der Waals surface area (Å²) in [6.45, 7) is 3.36. The van der Waals surface area contributed by atoms with Gasteiger partial charge < -0.3 is 24.6 Å². The van der Waals surface area contributed by atoms with E-state index in [-0.39, 0.29) is 12.1 Å². The SMILES string of the molecule is COc1ccc(C(O)CNC(C)CC2OCCc3ccccc32)cc1OC. The Kier molecular flexibility index (Phi) is 6.72. The average Bonchev–Trinajstić information content (AvgIpc) is 2.71. The molecular formula is C22H29NO4. The molecule has 0 amide bonds. The molecule has 0 bridgehead atoms. The topological polar surface area (TPSA) is 60.0 Å². The molecule has 3 rings (SSSR count). The van der Waals surface area contributed by atoms with Crippen LogP contribution in [0.15, 0.2) is 42.5 Å². The van der Waals surface area contributed by atoms with Gasteiger partial charge in [0.05, 0.1) is 33.0 Å². The number of aliphatic hydroxyl groups excluding tert-OH is 1. The van der Waals surface area contributed by atoms with Gasteiger partial charge in [-0.3, -0.25) is 0 Å². The monoisotopic (exact) mass is 371 g/mol. The zero-order valence-corrected chi connectivity index (χ0v) is 16.3. The van der Waals surface area contributed by atoms with E-state index < -0.39 is 6.10 Å². The fourth-order valence-electron chi connectivity index (χ4n) is 3.57. The van der Waals surface area contributed by atoms with Crippen LogP contribution in [0.5, 0.6) is 11.5 Å². The molecule has 146 valence electrons. The van der Waals surface area contributed by atoms with Crippen LogP contribution >= 0.6 is 0 Å². The molecule has 1 aliphatic rings. The molecule has 2 N–H and O–H groups in total. The maximum Gasteiger partial charge on any atom is 0.161 e. The van der Waals surface area contributed by atoms with Gasteiger partial charge in [0.1, 0.15) is 0 Å². The molecule has 0 aromatic heterocycles. The quantitative estimate of drug-likeness (QED) is 0.745. The van der Waals surface area contributed by atoms with Crippen LogP contribution in [0.1, 0.15) is 42.2 Å². The zero-order valence-electron chi connectivity index (χ0n) is 16.3. The maximum atomic E-state index is 10.5. The molecule has 3 unspecified atom stereocenters. The van der Waals surface area contributed by atoms with Gasteiger partial charge in [-0.25, -0.2) is 0 Å². The van der Waals surface area contributed by atoms with Crippen molar-refractivity contribution in [1.82, 2.24) is 5.32 Å². The largest absolute Gasteiger partial charge is 0.493 e. The molecule has 1 heterocycles. The number of rotatable bonds is 8. The number of aliphatic hydroxyl groups is 1. The molecule has 27 heavy (non-hydrogen) atoms. The van der Waals surface area contributed by atoms with Crippen molar-refractivity contribution >= 4 is 0 Å². The van der Waals surface area contributed by atoms with Crippen LogP contribution in [-0.4, -0.2) is 38.5 Å². The highest BCUT2D eigenvalue weighted by Gasteiger charge is 2.22. The average molecular weight is 371 g/mol. The van der Waals surface area contributed by atoms with Gasteiger partial charge in [0.25, 0.3) is 0 Å². The maximum absolute atomic E-state index is 10.5. The first-order chi connectivity index (χ1) is 13.1. The van der Waals surface area contributed by atoms with E-state index in [0.29, 0.717) is 18.0 Å². The number of fused-ring (bicyclic) bond motifs is 1. The van der Waals surface area contributed by atoms with Crippen LogP contribution in [0.3, 0.4) is 0 Å². The number of hydrogen-bond donors (Lipinski definition) is 2. The highest BCUT2D eigenvalue weighted by molar-refractivity contribution is 5.43. The highest BCUT2D eigenvalue weighted by Crippen LogP contribution is 2.31. The van der Waals surface area contributed by atoms with Crippen LogP contribution in [-0.2, 0) is 11.2 Å². The Labute approximate surface area is 161 Å². The van der Waals surface area contributed by atoms with Crippen molar-refractivity contribution in [3.05, 3.63) is 59.2 Å². The van der Waals surface area contributed by atoms with Gasteiger partial charge >= 0.3 is 0 Å². The van der Waals surface area contributed by atoms with Crippen LogP contribution < -0.4 is 14.8 Å². The highest BCUT2D eigenvalue weighted by atomic mass is 16.5. The number of nitrogens with one attached hydrogen (secondary N) is 1. The normalized spacial score (nSPS) is 18.4. The Morgan fingerprint density at radius 3 is 2.70 bits per heavy atom. The summed E-state index contributed by atoms with van der Waals surface area (Å²) >= 11 is 0. The number of benzene rings is 2. The second-order valence-corrected chi connectivity index (χ2v) is 6.98. The summed E-state index contributed by atoms with van der Waals surface area (Å²) in [7, 11) is 3.19. The first kappa shape index (κ1) is 19.7. The summed E-state index contributed by atoms with van der Waals surface area (Å²) in [5.41, 5.74) is 3.47. The van der Waals surface area contributed by atoms with Gasteiger partial charge in [-0.1, -0.05) is 30.3 Å². The Morgan fingerprint density at radius 2 is 1.93 bits per heavy atom. The van der Waals surface area contributed by atoms with Gasteiger partial charge in [-0.15, -0.1) is 0 Å². The number of ether oxygens (including phenoxy) is 3. The Morgan fingerprint density at radius 1 is 1.15 bits per heavy atom. The van der Waals surface area contributed by atoms with Crippen LogP contribution in [0.4, 0.5) is 0 Å². The van der Waals surface area contributed by atoms with Gasteiger partial charge in [0.2, 0.25) is 0 Å². The van der Waals surface area contributed by atoms with Gasteiger partial charge in [-0.2, -0.15) is 0 Å². The van der Waals surface area contributed by atoms with E-state index >= 15 is 0 Å². The predicted octanol–water partition coefficient (Wildman–Crippen LogP) is 3.42. The van der Waals surface area contributed by atoms with Crippen LogP contribution in [0.25, 0.3) is 0 Å². The second kappa shape index (κ2) is 9.22. The summed E-state index contributed by atoms with van der Waals surface area (Å²) in [5.74, 6) is 1.28. The van der Waals surface area contributed by atoms with Crippen molar-refractivity contribution in [2.45, 2.75) is 38.0 Å². The van der Waals surface area contributed by atoms with Gasteiger partial charge in [-0.05, 0) is 48.6 Å². The minimum atomic E-state index is -0.619. The van der Waals surface area contributed by atoms with Crippen molar-refractivity contribution in [2.24, 2.45) is 0 Å². The Hall–Kier alpha value is -2.08. The second-order valence-electron chi connectivity index (χ2n) is 6.98. The summed E-state index contributed by atoms with van der Waals surface area (Å²) in [4.78, 5) is 0. The number of hydrogen-bond acceptors (Lipinski definition) is 5. The lowest BCUT2D eigenvalue weighted by atomic mass is 9.94. The van der Waals surface area contributed by atoms with Crippen molar-refractivity contribution < 1.29 is 19.3 Å². The summed E-state index contributed by atoms with van der Waals surface area (Å²) in [5, 5.41) is 13.9. The van der Waals surface area contributed by atoms with E-state index in [1.807, 2.05) is 18.2 Å². The molecule has 0 saturated carbocycles. The van der Waals surface area contributed by atoms with Crippen molar-refractivity contribution in [3.63, 3.8) is 0 Å². The molecule has 2 aromatic rings. The minimum Gasteiger partial charge on any atom is -0.493 e. The van der Waals surface area contributed by atoms with Crippen molar-refractivity contribution in [1.29, 1.82) is 0 Å². The first-order valence-electron chi connectivity index (χ1n) is 9.45. The molecule has 3 atom stereocenters. The lowest BCUT2D eigenvalue weighted by Crippen LogP contribution is -2.33. The molecular weight excluding hydrogens is 342 g/mol. The third-order valence-electron chi connectivity index (χ3n) is 5.11. The molecule has 0 radical (unpaired) electrons. The van der Waals surface area contributed by atoms with E-state index in [1.54, 1.807) is 14.2 Å². The fraction of sp³-hybridized carbons (Fsp3) is 0.455. The Bertz CT molecular complexity index is 749.